The van der Waals surface area contributed by atoms with Crippen LogP contribution < -0.4 is 0 Å². The summed E-state index contributed by atoms with van der Waals surface area (Å²) in [5, 5.41) is 0. The molecule has 1 nitrogen and oxygen atoms in total. The molecule has 1 aromatic carbocycles. The van der Waals surface area contributed by atoms with E-state index in [1.165, 1.54) is 32.2 Å². The molecule has 1 aromatic rings. The largest absolute Gasteiger partial charge is 0.292 e. The molecule has 1 unspecified atom stereocenters. The maximum absolute atomic E-state index is 2.69. The predicted molar refractivity (Wildman–Crippen MR) is 74.4 cm³/mol. The normalized spacial score (nSPS) is 26.6. The van der Waals surface area contributed by atoms with Crippen LogP contribution in [0.3, 0.4) is 0 Å². The first-order chi connectivity index (χ1) is 8.92. The van der Waals surface area contributed by atoms with Gasteiger partial charge in [-0.2, -0.15) is 0 Å². The van der Waals surface area contributed by atoms with E-state index in [0.29, 0.717) is 6.04 Å². The second kappa shape index (κ2) is 4.10. The summed E-state index contributed by atoms with van der Waals surface area (Å²) in [4.78, 5) is 2.69. The molecule has 92 valence electrons. The van der Waals surface area contributed by atoms with E-state index in [2.05, 4.69) is 41.3 Å². The topological polar surface area (TPSA) is 3.24 Å². The molecule has 0 saturated heterocycles. The van der Waals surface area contributed by atoms with E-state index in [1.807, 2.05) is 0 Å². The van der Waals surface area contributed by atoms with E-state index >= 15 is 0 Å². The quantitative estimate of drug-likeness (QED) is 0.668. The molecule has 2 aliphatic heterocycles. The van der Waals surface area contributed by atoms with Gasteiger partial charge in [0.1, 0.15) is 0 Å². The molecule has 1 aliphatic carbocycles. The SMILES string of the molecule is C1=CC2=C(CC1)C1Cc3ccccc3CN1CC2. The monoisotopic (exact) mass is 237 g/mol. The maximum atomic E-state index is 2.69. The minimum absolute atomic E-state index is 0.689. The number of allylic oxidation sites excluding steroid dienone is 2. The highest BCUT2D eigenvalue weighted by Crippen LogP contribution is 2.36. The van der Waals surface area contributed by atoms with E-state index in [1.54, 1.807) is 22.3 Å². The van der Waals surface area contributed by atoms with Gasteiger partial charge < -0.3 is 0 Å². The molecular weight excluding hydrogens is 218 g/mol. The zero-order valence-electron chi connectivity index (χ0n) is 10.7. The van der Waals surface area contributed by atoms with E-state index in [-0.39, 0.29) is 0 Å². The van der Waals surface area contributed by atoms with Gasteiger partial charge in [0.25, 0.3) is 0 Å². The van der Waals surface area contributed by atoms with E-state index < -0.39 is 0 Å². The number of fused-ring (bicyclic) bond motifs is 3. The Morgan fingerprint density at radius 3 is 2.89 bits per heavy atom. The van der Waals surface area contributed by atoms with Gasteiger partial charge in [0.05, 0.1) is 0 Å². The van der Waals surface area contributed by atoms with Crippen molar-refractivity contribution < 1.29 is 0 Å². The van der Waals surface area contributed by atoms with Gasteiger partial charge in [-0.05, 0) is 48.0 Å². The average Bonchev–Trinajstić information content (AvgIpc) is 2.45. The number of benzene rings is 1. The van der Waals surface area contributed by atoms with E-state index in [0.717, 1.165) is 6.54 Å². The van der Waals surface area contributed by atoms with Gasteiger partial charge in [0.15, 0.2) is 0 Å². The summed E-state index contributed by atoms with van der Waals surface area (Å²) in [6, 6.07) is 9.68. The Morgan fingerprint density at radius 2 is 1.94 bits per heavy atom. The first kappa shape index (κ1) is 10.6. The lowest BCUT2D eigenvalue weighted by Gasteiger charge is -2.43. The van der Waals surface area contributed by atoms with Crippen molar-refractivity contribution in [3.05, 3.63) is 58.7 Å². The fourth-order valence-corrected chi connectivity index (χ4v) is 3.78. The lowest BCUT2D eigenvalue weighted by Crippen LogP contribution is -2.45. The minimum Gasteiger partial charge on any atom is -0.292 e. The summed E-state index contributed by atoms with van der Waals surface area (Å²) in [7, 11) is 0. The Kier molecular flexibility index (Phi) is 2.41. The van der Waals surface area contributed by atoms with Crippen molar-refractivity contribution in [1.82, 2.24) is 4.90 Å². The van der Waals surface area contributed by atoms with Crippen molar-refractivity contribution in [2.45, 2.75) is 38.3 Å². The van der Waals surface area contributed by atoms with Gasteiger partial charge in [-0.25, -0.2) is 0 Å². The third-order valence-electron chi connectivity index (χ3n) is 4.73. The lowest BCUT2D eigenvalue weighted by atomic mass is 9.80. The second-order valence-corrected chi connectivity index (χ2v) is 5.70. The number of hydrogen-bond acceptors (Lipinski definition) is 1. The molecule has 1 atom stereocenters. The van der Waals surface area contributed by atoms with Crippen LogP contribution in [-0.2, 0) is 13.0 Å². The summed E-state index contributed by atoms with van der Waals surface area (Å²) < 4.78 is 0. The summed E-state index contributed by atoms with van der Waals surface area (Å²) in [5.41, 5.74) is 6.49. The first-order valence-electron chi connectivity index (χ1n) is 7.11. The van der Waals surface area contributed by atoms with Gasteiger partial charge in [0, 0.05) is 19.1 Å². The third-order valence-corrected chi connectivity index (χ3v) is 4.73. The Morgan fingerprint density at radius 1 is 1.06 bits per heavy atom. The number of hydrogen-bond donors (Lipinski definition) is 0. The van der Waals surface area contributed by atoms with Crippen LogP contribution in [0, 0.1) is 0 Å². The van der Waals surface area contributed by atoms with Crippen LogP contribution in [-0.4, -0.2) is 17.5 Å². The summed E-state index contributed by atoms with van der Waals surface area (Å²) in [6.45, 7) is 2.39. The van der Waals surface area contributed by atoms with Gasteiger partial charge >= 0.3 is 0 Å². The van der Waals surface area contributed by atoms with Crippen molar-refractivity contribution in [2.24, 2.45) is 0 Å². The Labute approximate surface area is 109 Å². The number of nitrogens with zero attached hydrogens (tertiary/aromatic N) is 1. The van der Waals surface area contributed by atoms with Crippen LogP contribution in [0.15, 0.2) is 47.6 Å². The van der Waals surface area contributed by atoms with Crippen molar-refractivity contribution in [3.8, 4) is 0 Å². The highest BCUT2D eigenvalue weighted by atomic mass is 15.2. The average molecular weight is 237 g/mol. The Hall–Kier alpha value is -1.34. The third kappa shape index (κ3) is 1.58. The van der Waals surface area contributed by atoms with Gasteiger partial charge in [-0.3, -0.25) is 4.90 Å². The van der Waals surface area contributed by atoms with Crippen LogP contribution in [0.4, 0.5) is 0 Å². The molecule has 4 rings (SSSR count). The van der Waals surface area contributed by atoms with E-state index in [4.69, 9.17) is 0 Å². The molecule has 0 saturated carbocycles. The van der Waals surface area contributed by atoms with Crippen molar-refractivity contribution in [3.63, 3.8) is 0 Å². The Balaban J connectivity index is 1.74. The van der Waals surface area contributed by atoms with Crippen LogP contribution in [0.5, 0.6) is 0 Å². The molecule has 0 amide bonds. The Bertz CT molecular complexity index is 538. The van der Waals surface area contributed by atoms with Crippen molar-refractivity contribution in [1.29, 1.82) is 0 Å². The molecule has 0 spiro atoms. The first-order valence-corrected chi connectivity index (χ1v) is 7.11. The highest BCUT2D eigenvalue weighted by molar-refractivity contribution is 5.40. The van der Waals surface area contributed by atoms with Gasteiger partial charge in [-0.1, -0.05) is 36.4 Å². The molecule has 0 radical (unpaired) electrons. The second-order valence-electron chi connectivity index (χ2n) is 5.70. The zero-order chi connectivity index (χ0) is 11.9. The maximum Gasteiger partial charge on any atom is 0.0357 e. The van der Waals surface area contributed by atoms with Crippen LogP contribution in [0.2, 0.25) is 0 Å². The summed E-state index contributed by atoms with van der Waals surface area (Å²) >= 11 is 0. The fourth-order valence-electron chi connectivity index (χ4n) is 3.78. The van der Waals surface area contributed by atoms with E-state index in [9.17, 15) is 0 Å². The molecule has 18 heavy (non-hydrogen) atoms. The molecule has 0 fully saturated rings. The highest BCUT2D eigenvalue weighted by Gasteiger charge is 2.32. The van der Waals surface area contributed by atoms with Crippen LogP contribution >= 0.6 is 0 Å². The molecule has 3 aliphatic rings. The van der Waals surface area contributed by atoms with Crippen LogP contribution in [0.1, 0.15) is 30.4 Å². The van der Waals surface area contributed by atoms with Crippen molar-refractivity contribution >= 4 is 0 Å². The summed E-state index contributed by atoms with van der Waals surface area (Å²) in [6.07, 6.45) is 9.75. The smallest absolute Gasteiger partial charge is 0.0357 e. The lowest BCUT2D eigenvalue weighted by molar-refractivity contribution is 0.182. The predicted octanol–water partition coefficient (Wildman–Crippen LogP) is 3.46. The van der Waals surface area contributed by atoms with Gasteiger partial charge in [0.2, 0.25) is 0 Å². The molecule has 1 heteroatoms. The minimum atomic E-state index is 0.689. The van der Waals surface area contributed by atoms with Gasteiger partial charge in [-0.15, -0.1) is 0 Å². The standard InChI is InChI=1S/C17H19N/c1-2-7-15-12-18-10-9-13-5-3-4-8-16(13)17(18)11-14(15)6-1/h1-3,5-7,17H,4,8-12H2. The molecule has 0 bridgehead atoms. The molecule has 0 N–H and O–H groups in total. The number of rotatable bonds is 0. The fraction of sp³-hybridized carbons (Fsp3) is 0.412. The summed E-state index contributed by atoms with van der Waals surface area (Å²) in [5.74, 6) is 0. The molecule has 2 heterocycles. The van der Waals surface area contributed by atoms with Crippen LogP contribution in [0.25, 0.3) is 0 Å². The van der Waals surface area contributed by atoms with Crippen molar-refractivity contribution in [2.75, 3.05) is 6.54 Å². The zero-order valence-corrected chi connectivity index (χ0v) is 10.7. The molecule has 0 aromatic heterocycles. The molecular formula is C17H19N.